The lowest BCUT2D eigenvalue weighted by Crippen LogP contribution is -2.27. The van der Waals surface area contributed by atoms with Gasteiger partial charge in [-0.2, -0.15) is 0 Å². The SMILES string of the molecule is COCCCCNC(=O)CC(c1ccc(Cl)cc1)C(C)C. The third kappa shape index (κ3) is 6.96. The van der Waals surface area contributed by atoms with Crippen LogP contribution in [0.5, 0.6) is 0 Å². The molecule has 0 saturated carbocycles. The molecular weight excluding hydrogens is 286 g/mol. The van der Waals surface area contributed by atoms with E-state index in [4.69, 9.17) is 16.3 Å². The lowest BCUT2D eigenvalue weighted by Gasteiger charge is -2.21. The van der Waals surface area contributed by atoms with Crippen LogP contribution in [0.25, 0.3) is 0 Å². The topological polar surface area (TPSA) is 38.3 Å². The van der Waals surface area contributed by atoms with Gasteiger partial charge in [0, 0.05) is 31.7 Å². The van der Waals surface area contributed by atoms with Gasteiger partial charge in [0.2, 0.25) is 5.91 Å². The zero-order chi connectivity index (χ0) is 15.7. The average Bonchev–Trinajstić information content (AvgIpc) is 2.45. The molecule has 21 heavy (non-hydrogen) atoms. The van der Waals surface area contributed by atoms with E-state index < -0.39 is 0 Å². The van der Waals surface area contributed by atoms with Crippen molar-refractivity contribution in [2.45, 2.75) is 39.0 Å². The molecule has 0 aliphatic carbocycles. The van der Waals surface area contributed by atoms with Crippen LogP contribution in [0.1, 0.15) is 44.6 Å². The second-order valence-electron chi connectivity index (χ2n) is 5.66. The van der Waals surface area contributed by atoms with Gasteiger partial charge in [-0.1, -0.05) is 37.6 Å². The van der Waals surface area contributed by atoms with Crippen molar-refractivity contribution in [3.05, 3.63) is 34.9 Å². The highest BCUT2D eigenvalue weighted by Crippen LogP contribution is 2.28. The Hall–Kier alpha value is -1.06. The number of unbranched alkanes of at least 4 members (excludes halogenated alkanes) is 1. The van der Waals surface area contributed by atoms with Gasteiger partial charge in [0.25, 0.3) is 0 Å². The van der Waals surface area contributed by atoms with Crippen LogP contribution in [0.2, 0.25) is 5.02 Å². The molecule has 1 rings (SSSR count). The molecule has 0 aromatic heterocycles. The summed E-state index contributed by atoms with van der Waals surface area (Å²) in [5.41, 5.74) is 1.17. The molecular formula is C17H26ClNO2. The first-order valence-corrected chi connectivity index (χ1v) is 7.93. The summed E-state index contributed by atoms with van der Waals surface area (Å²) in [5.74, 6) is 0.743. The molecule has 0 bridgehead atoms. The molecule has 0 aliphatic heterocycles. The van der Waals surface area contributed by atoms with Crippen LogP contribution in [0.15, 0.2) is 24.3 Å². The summed E-state index contributed by atoms with van der Waals surface area (Å²) in [6.45, 7) is 5.75. The Balaban J connectivity index is 2.47. The molecule has 3 nitrogen and oxygen atoms in total. The van der Waals surface area contributed by atoms with Crippen molar-refractivity contribution in [1.29, 1.82) is 0 Å². The van der Waals surface area contributed by atoms with Crippen molar-refractivity contribution in [3.8, 4) is 0 Å². The van der Waals surface area contributed by atoms with Gasteiger partial charge in [-0.25, -0.2) is 0 Å². The van der Waals surface area contributed by atoms with Crippen LogP contribution in [0, 0.1) is 5.92 Å². The Bertz CT molecular complexity index is 417. The Labute approximate surface area is 133 Å². The minimum Gasteiger partial charge on any atom is -0.385 e. The average molecular weight is 312 g/mol. The van der Waals surface area contributed by atoms with Crippen LogP contribution < -0.4 is 5.32 Å². The van der Waals surface area contributed by atoms with Gasteiger partial charge in [-0.15, -0.1) is 0 Å². The highest BCUT2D eigenvalue weighted by Gasteiger charge is 2.19. The Morgan fingerprint density at radius 1 is 1.24 bits per heavy atom. The normalized spacial score (nSPS) is 12.4. The fraction of sp³-hybridized carbons (Fsp3) is 0.588. The molecule has 0 heterocycles. The van der Waals surface area contributed by atoms with Gasteiger partial charge in [0.1, 0.15) is 0 Å². The summed E-state index contributed by atoms with van der Waals surface area (Å²) in [6, 6.07) is 7.79. The van der Waals surface area contributed by atoms with E-state index in [1.807, 2.05) is 24.3 Å². The van der Waals surface area contributed by atoms with Crippen LogP contribution >= 0.6 is 11.6 Å². The number of methoxy groups -OCH3 is 1. The summed E-state index contributed by atoms with van der Waals surface area (Å²) < 4.78 is 4.99. The molecule has 1 N–H and O–H groups in total. The van der Waals surface area contributed by atoms with E-state index in [0.717, 1.165) is 24.5 Å². The van der Waals surface area contributed by atoms with Crippen molar-refractivity contribution < 1.29 is 9.53 Å². The first-order valence-electron chi connectivity index (χ1n) is 7.55. The summed E-state index contributed by atoms with van der Waals surface area (Å²) in [4.78, 5) is 12.1. The van der Waals surface area contributed by atoms with Crippen molar-refractivity contribution in [3.63, 3.8) is 0 Å². The van der Waals surface area contributed by atoms with Crippen LogP contribution in [0.3, 0.4) is 0 Å². The smallest absolute Gasteiger partial charge is 0.220 e. The molecule has 0 saturated heterocycles. The van der Waals surface area contributed by atoms with E-state index in [1.54, 1.807) is 7.11 Å². The predicted octanol–water partition coefficient (Wildman–Crippen LogP) is 4.01. The van der Waals surface area contributed by atoms with Crippen molar-refractivity contribution in [2.24, 2.45) is 5.92 Å². The number of ether oxygens (including phenoxy) is 1. The lowest BCUT2D eigenvalue weighted by atomic mass is 9.85. The Kier molecular flexibility index (Phi) is 8.40. The number of hydrogen-bond donors (Lipinski definition) is 1. The summed E-state index contributed by atoms with van der Waals surface area (Å²) >= 11 is 5.92. The minimum absolute atomic E-state index is 0.112. The molecule has 1 aromatic rings. The summed E-state index contributed by atoms with van der Waals surface area (Å²) in [7, 11) is 1.69. The molecule has 4 heteroatoms. The maximum atomic E-state index is 12.1. The molecule has 0 aliphatic rings. The fourth-order valence-corrected chi connectivity index (χ4v) is 2.45. The van der Waals surface area contributed by atoms with E-state index in [-0.39, 0.29) is 11.8 Å². The molecule has 0 radical (unpaired) electrons. The van der Waals surface area contributed by atoms with Crippen molar-refractivity contribution in [2.75, 3.05) is 20.3 Å². The maximum Gasteiger partial charge on any atom is 0.220 e. The molecule has 1 atom stereocenters. The lowest BCUT2D eigenvalue weighted by molar-refractivity contribution is -0.121. The van der Waals surface area contributed by atoms with E-state index in [9.17, 15) is 4.79 Å². The highest BCUT2D eigenvalue weighted by atomic mass is 35.5. The van der Waals surface area contributed by atoms with Crippen LogP contribution in [0.4, 0.5) is 0 Å². The quantitative estimate of drug-likeness (QED) is 0.700. The first kappa shape index (κ1) is 18.0. The molecule has 1 aromatic carbocycles. The number of hydrogen-bond acceptors (Lipinski definition) is 2. The van der Waals surface area contributed by atoms with Crippen molar-refractivity contribution in [1.82, 2.24) is 5.32 Å². The monoisotopic (exact) mass is 311 g/mol. The van der Waals surface area contributed by atoms with Gasteiger partial charge >= 0.3 is 0 Å². The first-order chi connectivity index (χ1) is 10.0. The largest absolute Gasteiger partial charge is 0.385 e. The van der Waals surface area contributed by atoms with Gasteiger partial charge in [0.15, 0.2) is 0 Å². The number of carbonyl (C=O) groups is 1. The number of carbonyl (C=O) groups excluding carboxylic acids is 1. The highest BCUT2D eigenvalue weighted by molar-refractivity contribution is 6.30. The fourth-order valence-electron chi connectivity index (χ4n) is 2.32. The third-order valence-electron chi connectivity index (χ3n) is 3.61. The number of amides is 1. The second kappa shape index (κ2) is 9.80. The van der Waals surface area contributed by atoms with Crippen molar-refractivity contribution >= 4 is 17.5 Å². The maximum absolute atomic E-state index is 12.1. The molecule has 1 amide bonds. The summed E-state index contributed by atoms with van der Waals surface area (Å²) in [5, 5.41) is 3.71. The molecule has 118 valence electrons. The van der Waals surface area contributed by atoms with Gasteiger partial charge in [-0.05, 0) is 42.4 Å². The third-order valence-corrected chi connectivity index (χ3v) is 3.86. The van der Waals surface area contributed by atoms with Gasteiger partial charge < -0.3 is 10.1 Å². The second-order valence-corrected chi connectivity index (χ2v) is 6.09. The Morgan fingerprint density at radius 2 is 1.90 bits per heavy atom. The van der Waals surface area contributed by atoms with E-state index in [0.29, 0.717) is 18.9 Å². The zero-order valence-corrected chi connectivity index (χ0v) is 14.0. The molecule has 0 fully saturated rings. The molecule has 0 spiro atoms. The zero-order valence-electron chi connectivity index (χ0n) is 13.2. The van der Waals surface area contributed by atoms with Gasteiger partial charge in [-0.3, -0.25) is 4.79 Å². The predicted molar refractivity (Wildman–Crippen MR) is 87.8 cm³/mol. The Morgan fingerprint density at radius 3 is 2.48 bits per heavy atom. The van der Waals surface area contributed by atoms with E-state index in [2.05, 4.69) is 19.2 Å². The number of halogens is 1. The minimum atomic E-state index is 0.112. The standard InChI is InChI=1S/C17H26ClNO2/c1-13(2)16(14-6-8-15(18)9-7-14)12-17(20)19-10-4-5-11-21-3/h6-9,13,16H,4-5,10-12H2,1-3H3,(H,19,20). The summed E-state index contributed by atoms with van der Waals surface area (Å²) in [6.07, 6.45) is 2.44. The number of benzene rings is 1. The number of rotatable bonds is 9. The molecule has 1 unspecified atom stereocenters. The van der Waals surface area contributed by atoms with E-state index >= 15 is 0 Å². The van der Waals surface area contributed by atoms with Crippen LogP contribution in [-0.4, -0.2) is 26.2 Å². The number of nitrogens with one attached hydrogen (secondary N) is 1. The van der Waals surface area contributed by atoms with E-state index in [1.165, 1.54) is 5.56 Å². The van der Waals surface area contributed by atoms with Gasteiger partial charge in [0.05, 0.1) is 0 Å². The van der Waals surface area contributed by atoms with Crippen LogP contribution in [-0.2, 0) is 9.53 Å².